The van der Waals surface area contributed by atoms with Gasteiger partial charge in [0.2, 0.25) is 0 Å². The van der Waals surface area contributed by atoms with Crippen LogP contribution in [0.1, 0.15) is 31.4 Å². The van der Waals surface area contributed by atoms with Crippen LogP contribution in [0.4, 0.5) is 10.1 Å². The molecule has 3 nitrogen and oxygen atoms in total. The van der Waals surface area contributed by atoms with E-state index < -0.39 is 6.10 Å². The third-order valence-electron chi connectivity index (χ3n) is 4.22. The Balaban J connectivity index is 2.07. The molecule has 0 amide bonds. The topological polar surface area (TPSA) is 26.7 Å². The fourth-order valence-corrected chi connectivity index (χ4v) is 2.94. The highest BCUT2D eigenvalue weighted by Crippen LogP contribution is 2.28. The van der Waals surface area contributed by atoms with E-state index >= 15 is 0 Å². The second-order valence-corrected chi connectivity index (χ2v) is 6.01. The number of hydrogen-bond acceptors (Lipinski definition) is 3. The SMILES string of the molecule is C[C@H](O)c1cc(F)ccc1N(C)CC1CCN(C)CC1. The monoisotopic (exact) mass is 280 g/mol. The Kier molecular flexibility index (Phi) is 5.00. The Morgan fingerprint density at radius 3 is 2.65 bits per heavy atom. The molecule has 0 spiro atoms. The van der Waals surface area contributed by atoms with Crippen LogP contribution < -0.4 is 4.90 Å². The molecule has 1 aliphatic heterocycles. The maximum atomic E-state index is 13.3. The van der Waals surface area contributed by atoms with E-state index in [4.69, 9.17) is 0 Å². The molecule has 0 aromatic heterocycles. The molecule has 0 radical (unpaired) electrons. The molecule has 1 aliphatic rings. The summed E-state index contributed by atoms with van der Waals surface area (Å²) in [6.07, 6.45) is 1.75. The van der Waals surface area contributed by atoms with Gasteiger partial charge in [-0.05, 0) is 64.0 Å². The van der Waals surface area contributed by atoms with Crippen LogP contribution >= 0.6 is 0 Å². The van der Waals surface area contributed by atoms with Gasteiger partial charge in [0, 0.05) is 24.8 Å². The minimum atomic E-state index is -0.652. The highest BCUT2D eigenvalue weighted by molar-refractivity contribution is 5.54. The van der Waals surface area contributed by atoms with Crippen molar-refractivity contribution in [2.75, 3.05) is 38.6 Å². The molecule has 1 heterocycles. The molecule has 0 saturated carbocycles. The summed E-state index contributed by atoms with van der Waals surface area (Å²) in [5.74, 6) is 0.375. The van der Waals surface area contributed by atoms with E-state index in [1.165, 1.54) is 25.0 Å². The van der Waals surface area contributed by atoms with E-state index in [1.54, 1.807) is 13.0 Å². The summed E-state index contributed by atoms with van der Waals surface area (Å²) in [6.45, 7) is 4.93. The zero-order valence-corrected chi connectivity index (χ0v) is 12.6. The zero-order chi connectivity index (χ0) is 14.7. The van der Waals surface area contributed by atoms with Crippen molar-refractivity contribution in [3.8, 4) is 0 Å². The number of rotatable bonds is 4. The number of aliphatic hydroxyl groups is 1. The molecule has 112 valence electrons. The largest absolute Gasteiger partial charge is 0.389 e. The lowest BCUT2D eigenvalue weighted by atomic mass is 9.96. The van der Waals surface area contributed by atoms with Gasteiger partial charge in [-0.15, -0.1) is 0 Å². The van der Waals surface area contributed by atoms with Crippen molar-refractivity contribution < 1.29 is 9.50 Å². The normalized spacial score (nSPS) is 19.1. The molecule has 0 bridgehead atoms. The maximum Gasteiger partial charge on any atom is 0.123 e. The van der Waals surface area contributed by atoms with E-state index in [1.807, 2.05) is 7.05 Å². The number of nitrogens with zero attached hydrogens (tertiary/aromatic N) is 2. The summed E-state index contributed by atoms with van der Waals surface area (Å²) in [5, 5.41) is 9.82. The Labute approximate surface area is 121 Å². The van der Waals surface area contributed by atoms with Crippen LogP contribution in [0.5, 0.6) is 0 Å². The predicted octanol–water partition coefficient (Wildman–Crippen LogP) is 2.66. The van der Waals surface area contributed by atoms with Gasteiger partial charge >= 0.3 is 0 Å². The third-order valence-corrected chi connectivity index (χ3v) is 4.22. The Morgan fingerprint density at radius 2 is 2.05 bits per heavy atom. The molecule has 1 aromatic rings. The van der Waals surface area contributed by atoms with E-state index in [0.717, 1.165) is 25.3 Å². The van der Waals surface area contributed by atoms with Crippen molar-refractivity contribution in [3.63, 3.8) is 0 Å². The van der Waals surface area contributed by atoms with E-state index in [2.05, 4.69) is 16.8 Å². The molecule has 1 aromatic carbocycles. The molecule has 1 fully saturated rings. The minimum absolute atomic E-state index is 0.294. The minimum Gasteiger partial charge on any atom is -0.389 e. The Morgan fingerprint density at radius 1 is 1.40 bits per heavy atom. The maximum absolute atomic E-state index is 13.3. The number of aliphatic hydroxyl groups excluding tert-OH is 1. The first-order valence-corrected chi connectivity index (χ1v) is 7.34. The number of benzene rings is 1. The summed E-state index contributed by atoms with van der Waals surface area (Å²) < 4.78 is 13.3. The molecule has 1 atom stereocenters. The van der Waals surface area contributed by atoms with E-state index in [-0.39, 0.29) is 5.82 Å². The highest BCUT2D eigenvalue weighted by atomic mass is 19.1. The molecule has 0 aliphatic carbocycles. The highest BCUT2D eigenvalue weighted by Gasteiger charge is 2.20. The van der Waals surface area contributed by atoms with Crippen LogP contribution in [-0.4, -0.2) is 43.7 Å². The van der Waals surface area contributed by atoms with Gasteiger partial charge in [-0.1, -0.05) is 0 Å². The smallest absolute Gasteiger partial charge is 0.123 e. The van der Waals surface area contributed by atoms with Gasteiger partial charge in [-0.2, -0.15) is 0 Å². The van der Waals surface area contributed by atoms with Crippen LogP contribution in [0.25, 0.3) is 0 Å². The average molecular weight is 280 g/mol. The first kappa shape index (κ1) is 15.3. The molecule has 0 unspecified atom stereocenters. The van der Waals surface area contributed by atoms with Gasteiger partial charge in [0.1, 0.15) is 5.82 Å². The number of piperidine rings is 1. The van der Waals surface area contributed by atoms with Crippen molar-refractivity contribution in [3.05, 3.63) is 29.6 Å². The molecular formula is C16H25FN2O. The summed E-state index contributed by atoms with van der Waals surface area (Å²) in [6, 6.07) is 4.67. The number of halogens is 1. The quantitative estimate of drug-likeness (QED) is 0.918. The molecule has 20 heavy (non-hydrogen) atoms. The average Bonchev–Trinajstić information content (AvgIpc) is 2.41. The summed E-state index contributed by atoms with van der Waals surface area (Å²) in [7, 11) is 4.18. The Bertz CT molecular complexity index is 442. The first-order valence-electron chi connectivity index (χ1n) is 7.34. The molecule has 1 N–H and O–H groups in total. The van der Waals surface area contributed by atoms with Gasteiger partial charge in [0.05, 0.1) is 6.10 Å². The molecular weight excluding hydrogens is 255 g/mol. The standard InChI is InChI=1S/C16H25FN2O/c1-12(20)15-10-14(17)4-5-16(15)19(3)11-13-6-8-18(2)9-7-13/h4-5,10,12-13,20H,6-9,11H2,1-3H3/t12-/m0/s1. The second-order valence-electron chi connectivity index (χ2n) is 6.01. The van der Waals surface area contributed by atoms with Crippen molar-refractivity contribution >= 4 is 5.69 Å². The molecule has 4 heteroatoms. The summed E-state index contributed by atoms with van der Waals surface area (Å²) in [5.41, 5.74) is 1.60. The van der Waals surface area contributed by atoms with Crippen molar-refractivity contribution in [1.82, 2.24) is 4.90 Å². The van der Waals surface area contributed by atoms with Gasteiger partial charge in [0.25, 0.3) is 0 Å². The van der Waals surface area contributed by atoms with Crippen molar-refractivity contribution in [2.45, 2.75) is 25.9 Å². The summed E-state index contributed by atoms with van der Waals surface area (Å²) >= 11 is 0. The first-order chi connectivity index (χ1) is 9.47. The fraction of sp³-hybridized carbons (Fsp3) is 0.625. The Hall–Kier alpha value is -1.13. The lowest BCUT2D eigenvalue weighted by Crippen LogP contribution is -2.36. The lowest BCUT2D eigenvalue weighted by Gasteiger charge is -2.33. The van der Waals surface area contributed by atoms with E-state index in [0.29, 0.717) is 11.5 Å². The van der Waals surface area contributed by atoms with Gasteiger partial charge in [-0.3, -0.25) is 0 Å². The van der Waals surface area contributed by atoms with Crippen LogP contribution in [0, 0.1) is 11.7 Å². The lowest BCUT2D eigenvalue weighted by molar-refractivity contribution is 0.198. The number of likely N-dealkylation sites (tertiary alicyclic amines) is 1. The summed E-state index contributed by atoms with van der Waals surface area (Å²) in [4.78, 5) is 4.51. The fourth-order valence-electron chi connectivity index (χ4n) is 2.94. The van der Waals surface area contributed by atoms with Gasteiger partial charge in [-0.25, -0.2) is 4.39 Å². The second kappa shape index (κ2) is 6.55. The third kappa shape index (κ3) is 3.70. The number of anilines is 1. The van der Waals surface area contributed by atoms with Crippen LogP contribution in [0.15, 0.2) is 18.2 Å². The number of hydrogen-bond donors (Lipinski definition) is 1. The van der Waals surface area contributed by atoms with Gasteiger partial charge < -0.3 is 14.9 Å². The molecule has 2 rings (SSSR count). The predicted molar refractivity (Wildman–Crippen MR) is 80.5 cm³/mol. The van der Waals surface area contributed by atoms with Crippen LogP contribution in [0.2, 0.25) is 0 Å². The zero-order valence-electron chi connectivity index (χ0n) is 12.6. The van der Waals surface area contributed by atoms with Crippen LogP contribution in [-0.2, 0) is 0 Å². The van der Waals surface area contributed by atoms with E-state index in [9.17, 15) is 9.50 Å². The van der Waals surface area contributed by atoms with Crippen molar-refractivity contribution in [2.24, 2.45) is 5.92 Å². The van der Waals surface area contributed by atoms with Crippen molar-refractivity contribution in [1.29, 1.82) is 0 Å². The molecule has 1 saturated heterocycles. The van der Waals surface area contributed by atoms with Gasteiger partial charge in [0.15, 0.2) is 0 Å². The van der Waals surface area contributed by atoms with Crippen LogP contribution in [0.3, 0.4) is 0 Å².